The molecule has 0 atom stereocenters. The average molecular weight is 301 g/mol. The normalized spacial score (nSPS) is 11.8. The van der Waals surface area contributed by atoms with Gasteiger partial charge in [-0.3, -0.25) is 4.79 Å². The van der Waals surface area contributed by atoms with E-state index in [1.807, 2.05) is 20.8 Å². The van der Waals surface area contributed by atoms with Gasteiger partial charge in [-0.05, 0) is 61.1 Å². The number of unbranched alkanes of at least 4 members (excludes halogenated alkanes) is 1. The van der Waals surface area contributed by atoms with Crippen LogP contribution in [0.1, 0.15) is 47.5 Å². The number of carboxylic acid groups (broad SMARTS) is 1. The van der Waals surface area contributed by atoms with Crippen molar-refractivity contribution in [3.8, 4) is 0 Å². The lowest BCUT2D eigenvalue weighted by Gasteiger charge is -2.34. The van der Waals surface area contributed by atoms with Crippen molar-refractivity contribution in [2.75, 3.05) is 26.7 Å². The molecule has 0 saturated carbocycles. The highest BCUT2D eigenvalue weighted by Gasteiger charge is 2.28. The number of rotatable bonds is 8. The summed E-state index contributed by atoms with van der Waals surface area (Å²) in [5, 5.41) is 11.7. The summed E-state index contributed by atoms with van der Waals surface area (Å²) in [5.41, 5.74) is -0.514. The first-order valence-electron chi connectivity index (χ1n) is 7.53. The number of nitrogens with one attached hydrogen (secondary N) is 1. The van der Waals surface area contributed by atoms with E-state index in [0.717, 1.165) is 19.4 Å². The van der Waals surface area contributed by atoms with Gasteiger partial charge in [0.05, 0.1) is 0 Å². The predicted octanol–water partition coefficient (Wildman–Crippen LogP) is 2.00. The van der Waals surface area contributed by atoms with Crippen LogP contribution in [0.4, 0.5) is 4.79 Å². The summed E-state index contributed by atoms with van der Waals surface area (Å²) in [6, 6.07) is 0.202. The quantitative estimate of drug-likeness (QED) is 0.673. The number of hydrogen-bond acceptors (Lipinski definition) is 3. The lowest BCUT2D eigenvalue weighted by Crippen LogP contribution is -2.52. The molecular formula is C15H31N3O3. The molecule has 0 unspecified atom stereocenters. The Hall–Kier alpha value is -1.30. The lowest BCUT2D eigenvalue weighted by atomic mass is 10.1. The molecule has 0 aliphatic heterocycles. The third-order valence-corrected chi connectivity index (χ3v) is 3.44. The number of aliphatic carboxylic acids is 1. The molecule has 2 N–H and O–H groups in total. The van der Waals surface area contributed by atoms with Gasteiger partial charge < -0.3 is 20.2 Å². The van der Waals surface area contributed by atoms with E-state index in [-0.39, 0.29) is 12.6 Å². The molecule has 0 saturated heterocycles. The molecule has 6 nitrogen and oxygen atoms in total. The van der Waals surface area contributed by atoms with E-state index in [1.54, 1.807) is 0 Å². The Kier molecular flexibility index (Phi) is 8.32. The Morgan fingerprint density at radius 1 is 1.19 bits per heavy atom. The van der Waals surface area contributed by atoms with Crippen LogP contribution in [0.25, 0.3) is 0 Å². The minimum Gasteiger partial charge on any atom is -0.480 e. The minimum absolute atomic E-state index is 0.286. The Labute approximate surface area is 128 Å². The van der Waals surface area contributed by atoms with E-state index < -0.39 is 11.5 Å². The fourth-order valence-electron chi connectivity index (χ4n) is 1.78. The van der Waals surface area contributed by atoms with Crippen LogP contribution in [0.5, 0.6) is 0 Å². The van der Waals surface area contributed by atoms with Gasteiger partial charge in [0.2, 0.25) is 0 Å². The van der Waals surface area contributed by atoms with Gasteiger partial charge in [0.25, 0.3) is 0 Å². The number of carbonyl (C=O) groups excluding carboxylic acids is 1. The van der Waals surface area contributed by atoms with Crippen LogP contribution in [-0.2, 0) is 4.79 Å². The molecule has 0 aliphatic carbocycles. The molecule has 2 amide bonds. The van der Waals surface area contributed by atoms with E-state index in [0.29, 0.717) is 12.6 Å². The number of carboxylic acids is 1. The summed E-state index contributed by atoms with van der Waals surface area (Å²) in [5.74, 6) is -1.00. The van der Waals surface area contributed by atoms with Crippen molar-refractivity contribution in [3.05, 3.63) is 0 Å². The maximum absolute atomic E-state index is 12.1. The number of nitrogens with zero attached hydrogens (tertiary/aromatic N) is 2. The number of amides is 2. The molecule has 0 aromatic rings. The molecule has 0 aliphatic rings. The van der Waals surface area contributed by atoms with Gasteiger partial charge in [0.15, 0.2) is 0 Å². The van der Waals surface area contributed by atoms with Crippen molar-refractivity contribution in [1.82, 2.24) is 15.1 Å². The Bertz CT molecular complexity index is 338. The van der Waals surface area contributed by atoms with E-state index in [9.17, 15) is 9.59 Å². The maximum atomic E-state index is 12.1. The molecule has 0 radical (unpaired) electrons. The Morgan fingerprint density at radius 2 is 1.76 bits per heavy atom. The van der Waals surface area contributed by atoms with E-state index in [2.05, 4.69) is 31.1 Å². The zero-order chi connectivity index (χ0) is 16.6. The van der Waals surface area contributed by atoms with Crippen molar-refractivity contribution in [1.29, 1.82) is 0 Å². The second kappa shape index (κ2) is 8.87. The third kappa shape index (κ3) is 8.55. The van der Waals surface area contributed by atoms with Crippen LogP contribution in [0.3, 0.4) is 0 Å². The Morgan fingerprint density at radius 3 is 2.19 bits per heavy atom. The molecule has 124 valence electrons. The molecule has 0 heterocycles. The van der Waals surface area contributed by atoms with Crippen molar-refractivity contribution in [2.45, 2.75) is 59.0 Å². The first-order chi connectivity index (χ1) is 9.55. The average Bonchev–Trinajstić information content (AvgIpc) is 2.33. The molecule has 0 rings (SSSR count). The molecule has 21 heavy (non-hydrogen) atoms. The molecular weight excluding hydrogens is 270 g/mol. The summed E-state index contributed by atoms with van der Waals surface area (Å²) in [7, 11) is 2.08. The van der Waals surface area contributed by atoms with Crippen molar-refractivity contribution < 1.29 is 14.7 Å². The van der Waals surface area contributed by atoms with Crippen LogP contribution in [0.2, 0.25) is 0 Å². The topological polar surface area (TPSA) is 72.9 Å². The van der Waals surface area contributed by atoms with Crippen LogP contribution in [0, 0.1) is 0 Å². The highest BCUT2D eigenvalue weighted by molar-refractivity contribution is 5.80. The van der Waals surface area contributed by atoms with Crippen LogP contribution in [0.15, 0.2) is 0 Å². The highest BCUT2D eigenvalue weighted by atomic mass is 16.4. The van der Waals surface area contributed by atoms with Crippen LogP contribution >= 0.6 is 0 Å². The molecule has 0 bridgehead atoms. The zero-order valence-electron chi connectivity index (χ0n) is 14.3. The molecule has 0 aromatic heterocycles. The van der Waals surface area contributed by atoms with E-state index in [1.165, 1.54) is 4.90 Å². The highest BCUT2D eigenvalue weighted by Crippen LogP contribution is 2.12. The maximum Gasteiger partial charge on any atom is 0.323 e. The van der Waals surface area contributed by atoms with Crippen molar-refractivity contribution >= 4 is 12.0 Å². The molecule has 0 fully saturated rings. The lowest BCUT2D eigenvalue weighted by molar-refractivity contribution is -0.138. The Balaban J connectivity index is 4.13. The largest absolute Gasteiger partial charge is 0.480 e. The second-order valence-corrected chi connectivity index (χ2v) is 6.66. The second-order valence-electron chi connectivity index (χ2n) is 6.66. The van der Waals surface area contributed by atoms with Crippen molar-refractivity contribution in [3.63, 3.8) is 0 Å². The number of carbonyl (C=O) groups is 2. The first-order valence-corrected chi connectivity index (χ1v) is 7.53. The third-order valence-electron chi connectivity index (χ3n) is 3.44. The van der Waals surface area contributed by atoms with Crippen LogP contribution in [-0.4, -0.2) is 65.2 Å². The summed E-state index contributed by atoms with van der Waals surface area (Å²) < 4.78 is 0. The number of urea groups is 1. The smallest absolute Gasteiger partial charge is 0.323 e. The van der Waals surface area contributed by atoms with Gasteiger partial charge in [0.1, 0.15) is 6.54 Å². The van der Waals surface area contributed by atoms with Crippen molar-refractivity contribution in [2.24, 2.45) is 0 Å². The fourth-order valence-corrected chi connectivity index (χ4v) is 1.78. The van der Waals surface area contributed by atoms with Gasteiger partial charge in [-0.1, -0.05) is 0 Å². The van der Waals surface area contributed by atoms with Gasteiger partial charge in [-0.2, -0.15) is 0 Å². The SMILES string of the molecule is CC(C)N(C)CCCCNC(=O)N(CC(=O)O)C(C)(C)C. The minimum atomic E-state index is -1.00. The number of hydrogen-bond donors (Lipinski definition) is 2. The summed E-state index contributed by atoms with van der Waals surface area (Å²) in [6.45, 7) is 11.0. The summed E-state index contributed by atoms with van der Waals surface area (Å²) in [6.07, 6.45) is 1.89. The molecule has 6 heteroatoms. The van der Waals surface area contributed by atoms with Gasteiger partial charge in [0, 0.05) is 18.1 Å². The molecule has 0 spiro atoms. The zero-order valence-corrected chi connectivity index (χ0v) is 14.3. The predicted molar refractivity (Wildman–Crippen MR) is 84.5 cm³/mol. The monoisotopic (exact) mass is 301 g/mol. The standard InChI is InChI=1S/C15H31N3O3/c1-12(2)17(6)10-8-7-9-16-14(21)18(11-13(19)20)15(3,4)5/h12H,7-11H2,1-6H3,(H,16,21)(H,19,20). The van der Waals surface area contributed by atoms with Gasteiger partial charge in [-0.25, -0.2) is 4.79 Å². The van der Waals surface area contributed by atoms with Crippen LogP contribution < -0.4 is 5.32 Å². The summed E-state index contributed by atoms with van der Waals surface area (Å²) in [4.78, 5) is 26.5. The van der Waals surface area contributed by atoms with Gasteiger partial charge >= 0.3 is 12.0 Å². The summed E-state index contributed by atoms with van der Waals surface area (Å²) >= 11 is 0. The van der Waals surface area contributed by atoms with E-state index >= 15 is 0 Å². The van der Waals surface area contributed by atoms with Gasteiger partial charge in [-0.15, -0.1) is 0 Å². The van der Waals surface area contributed by atoms with E-state index in [4.69, 9.17) is 5.11 Å². The first kappa shape index (κ1) is 19.7. The fraction of sp³-hybridized carbons (Fsp3) is 0.867. The molecule has 0 aromatic carbocycles.